The summed E-state index contributed by atoms with van der Waals surface area (Å²) in [5, 5.41) is 0. The summed E-state index contributed by atoms with van der Waals surface area (Å²) < 4.78 is 13.7. The molecular weight excluding hydrogens is 417 g/mol. The standard InChI is InChI=1S/C27H26FN3O2/c1-2-14-30-15-16-31(26(32)23-4-3-5-25(28)18-23)19-24(27(30)33)17-20-6-8-21(9-7-20)22-10-12-29-13-11-22/h2-13,18,24H,1,14-17,19H2/t24-/m1/s1. The minimum Gasteiger partial charge on any atom is -0.337 e. The monoisotopic (exact) mass is 443 g/mol. The van der Waals surface area contributed by atoms with Gasteiger partial charge < -0.3 is 9.80 Å². The largest absolute Gasteiger partial charge is 0.337 e. The molecule has 0 radical (unpaired) electrons. The second-order valence-electron chi connectivity index (χ2n) is 8.17. The number of amides is 2. The van der Waals surface area contributed by atoms with Crippen molar-refractivity contribution in [3.05, 3.63) is 103 Å². The van der Waals surface area contributed by atoms with Crippen LogP contribution in [0.15, 0.2) is 85.7 Å². The lowest BCUT2D eigenvalue weighted by Gasteiger charge is -2.24. The number of benzene rings is 2. The Hall–Kier alpha value is -3.80. The van der Waals surface area contributed by atoms with Crippen LogP contribution >= 0.6 is 0 Å². The summed E-state index contributed by atoms with van der Waals surface area (Å²) in [6.07, 6.45) is 5.72. The minimum absolute atomic E-state index is 0.00246. The fraction of sp³-hybridized carbons (Fsp3) is 0.222. The lowest BCUT2D eigenvalue weighted by Crippen LogP contribution is -2.38. The number of aromatic nitrogens is 1. The van der Waals surface area contributed by atoms with E-state index in [1.54, 1.807) is 34.3 Å². The Bertz CT molecular complexity index is 1130. The van der Waals surface area contributed by atoms with Crippen LogP contribution in [0.1, 0.15) is 15.9 Å². The van der Waals surface area contributed by atoms with Gasteiger partial charge in [-0.1, -0.05) is 36.4 Å². The number of pyridine rings is 1. The van der Waals surface area contributed by atoms with Crippen LogP contribution in [0.4, 0.5) is 4.39 Å². The number of hydrogen-bond donors (Lipinski definition) is 0. The van der Waals surface area contributed by atoms with Gasteiger partial charge in [-0.2, -0.15) is 0 Å². The first kappa shape index (κ1) is 22.4. The first-order chi connectivity index (χ1) is 16.0. The van der Waals surface area contributed by atoms with Crippen molar-refractivity contribution in [1.82, 2.24) is 14.8 Å². The molecule has 1 saturated heterocycles. The van der Waals surface area contributed by atoms with Crippen LogP contribution in [0.3, 0.4) is 0 Å². The molecule has 6 heteroatoms. The van der Waals surface area contributed by atoms with Gasteiger partial charge in [0.15, 0.2) is 0 Å². The van der Waals surface area contributed by atoms with E-state index < -0.39 is 11.7 Å². The molecule has 1 fully saturated rings. The van der Waals surface area contributed by atoms with Crippen molar-refractivity contribution < 1.29 is 14.0 Å². The normalized spacial score (nSPS) is 16.4. The summed E-state index contributed by atoms with van der Waals surface area (Å²) in [5.74, 6) is -1.11. The highest BCUT2D eigenvalue weighted by atomic mass is 19.1. The van der Waals surface area contributed by atoms with E-state index in [1.807, 2.05) is 36.4 Å². The molecule has 0 spiro atoms. The van der Waals surface area contributed by atoms with E-state index in [-0.39, 0.29) is 18.4 Å². The molecule has 2 aromatic carbocycles. The van der Waals surface area contributed by atoms with Crippen LogP contribution in [0.25, 0.3) is 11.1 Å². The van der Waals surface area contributed by atoms with Crippen molar-refractivity contribution in [3.8, 4) is 11.1 Å². The summed E-state index contributed by atoms with van der Waals surface area (Å²) in [6, 6.07) is 17.7. The van der Waals surface area contributed by atoms with Crippen LogP contribution in [-0.4, -0.2) is 52.8 Å². The first-order valence-electron chi connectivity index (χ1n) is 11.0. The van der Waals surface area contributed by atoms with E-state index in [1.165, 1.54) is 18.2 Å². The van der Waals surface area contributed by atoms with Gasteiger partial charge in [0.25, 0.3) is 5.91 Å². The summed E-state index contributed by atoms with van der Waals surface area (Å²) in [7, 11) is 0. The highest BCUT2D eigenvalue weighted by molar-refractivity contribution is 5.95. The first-order valence-corrected chi connectivity index (χ1v) is 11.0. The zero-order valence-electron chi connectivity index (χ0n) is 18.4. The molecule has 0 saturated carbocycles. The smallest absolute Gasteiger partial charge is 0.254 e. The van der Waals surface area contributed by atoms with E-state index in [0.29, 0.717) is 31.6 Å². The molecule has 2 amide bonds. The molecule has 33 heavy (non-hydrogen) atoms. The van der Waals surface area contributed by atoms with Crippen molar-refractivity contribution in [1.29, 1.82) is 0 Å². The summed E-state index contributed by atoms with van der Waals surface area (Å²) in [4.78, 5) is 33.8. The maximum absolute atomic E-state index is 13.7. The minimum atomic E-state index is -0.453. The van der Waals surface area contributed by atoms with Gasteiger partial charge in [0, 0.05) is 44.1 Å². The number of halogens is 1. The second kappa shape index (κ2) is 10.2. The molecule has 1 aliphatic heterocycles. The summed E-state index contributed by atoms with van der Waals surface area (Å²) >= 11 is 0. The van der Waals surface area contributed by atoms with E-state index in [2.05, 4.69) is 11.6 Å². The van der Waals surface area contributed by atoms with E-state index >= 15 is 0 Å². The predicted octanol–water partition coefficient (Wildman–Crippen LogP) is 4.22. The van der Waals surface area contributed by atoms with Gasteiger partial charge in [-0.05, 0) is 53.4 Å². The fourth-order valence-electron chi connectivity index (χ4n) is 4.18. The van der Waals surface area contributed by atoms with E-state index in [0.717, 1.165) is 16.7 Å². The Morgan fingerprint density at radius 2 is 1.79 bits per heavy atom. The molecule has 1 aliphatic rings. The van der Waals surface area contributed by atoms with Gasteiger partial charge in [0.2, 0.25) is 5.91 Å². The second-order valence-corrected chi connectivity index (χ2v) is 8.17. The molecule has 0 unspecified atom stereocenters. The highest BCUT2D eigenvalue weighted by Crippen LogP contribution is 2.22. The Morgan fingerprint density at radius 3 is 2.48 bits per heavy atom. The van der Waals surface area contributed by atoms with Crippen molar-refractivity contribution in [2.24, 2.45) is 5.92 Å². The maximum Gasteiger partial charge on any atom is 0.254 e. The molecular formula is C27H26FN3O2. The third kappa shape index (κ3) is 5.34. The third-order valence-corrected chi connectivity index (χ3v) is 5.90. The molecule has 3 aromatic rings. The van der Waals surface area contributed by atoms with E-state index in [9.17, 15) is 14.0 Å². The van der Waals surface area contributed by atoms with Crippen LogP contribution < -0.4 is 0 Å². The quantitative estimate of drug-likeness (QED) is 0.536. The van der Waals surface area contributed by atoms with Crippen molar-refractivity contribution in [2.45, 2.75) is 6.42 Å². The average molecular weight is 444 g/mol. The average Bonchev–Trinajstić information content (AvgIpc) is 2.99. The predicted molar refractivity (Wildman–Crippen MR) is 126 cm³/mol. The summed E-state index contributed by atoms with van der Waals surface area (Å²) in [5.41, 5.74) is 3.46. The molecule has 5 nitrogen and oxygen atoms in total. The Kier molecular flexibility index (Phi) is 6.93. The van der Waals surface area contributed by atoms with Crippen LogP contribution in [0.2, 0.25) is 0 Å². The SMILES string of the molecule is C=CCN1CCN(C(=O)c2cccc(F)c2)C[C@@H](Cc2ccc(-c3ccncc3)cc2)C1=O. The van der Waals surface area contributed by atoms with E-state index in [4.69, 9.17) is 0 Å². The van der Waals surface area contributed by atoms with Gasteiger partial charge in [-0.3, -0.25) is 14.6 Å². The molecule has 0 bridgehead atoms. The Balaban J connectivity index is 1.55. The molecule has 0 aliphatic carbocycles. The number of rotatable bonds is 6. The summed E-state index contributed by atoms with van der Waals surface area (Å²) in [6.45, 7) is 5.29. The lowest BCUT2D eigenvalue weighted by atomic mass is 9.95. The maximum atomic E-state index is 13.7. The zero-order chi connectivity index (χ0) is 23.2. The zero-order valence-corrected chi connectivity index (χ0v) is 18.4. The van der Waals surface area contributed by atoms with Crippen molar-refractivity contribution in [3.63, 3.8) is 0 Å². The van der Waals surface area contributed by atoms with Gasteiger partial charge in [-0.25, -0.2) is 4.39 Å². The van der Waals surface area contributed by atoms with Gasteiger partial charge >= 0.3 is 0 Å². The molecule has 2 heterocycles. The Labute approximate surface area is 193 Å². The third-order valence-electron chi connectivity index (χ3n) is 5.90. The molecule has 1 atom stereocenters. The van der Waals surface area contributed by atoms with Gasteiger partial charge in [-0.15, -0.1) is 6.58 Å². The highest BCUT2D eigenvalue weighted by Gasteiger charge is 2.32. The van der Waals surface area contributed by atoms with Crippen LogP contribution in [-0.2, 0) is 11.2 Å². The van der Waals surface area contributed by atoms with Gasteiger partial charge in [0.1, 0.15) is 5.82 Å². The number of carbonyl (C=O) groups excluding carboxylic acids is 2. The topological polar surface area (TPSA) is 53.5 Å². The van der Waals surface area contributed by atoms with Crippen LogP contribution in [0.5, 0.6) is 0 Å². The molecule has 4 rings (SSSR count). The van der Waals surface area contributed by atoms with Crippen molar-refractivity contribution in [2.75, 3.05) is 26.2 Å². The molecule has 168 valence electrons. The molecule has 1 aromatic heterocycles. The van der Waals surface area contributed by atoms with Crippen LogP contribution in [0, 0.1) is 11.7 Å². The molecule has 0 N–H and O–H groups in total. The number of hydrogen-bond acceptors (Lipinski definition) is 3. The van der Waals surface area contributed by atoms with Crippen molar-refractivity contribution >= 4 is 11.8 Å². The Morgan fingerprint density at radius 1 is 1.06 bits per heavy atom. The van der Waals surface area contributed by atoms with Gasteiger partial charge in [0.05, 0.1) is 5.92 Å². The number of carbonyl (C=O) groups is 2. The number of nitrogens with zero attached hydrogens (tertiary/aromatic N) is 3. The lowest BCUT2D eigenvalue weighted by molar-refractivity contribution is -0.134. The fourth-order valence-corrected chi connectivity index (χ4v) is 4.18.